The number of methoxy groups -OCH3 is 1. The van der Waals surface area contributed by atoms with Crippen LogP contribution in [0.15, 0.2) is 36.4 Å². The SMILES string of the molecule is COC(=O)Cn1c(Cc2c(Cl)cccc2Cl)nc2cc(Cl)ccc21. The lowest BCUT2D eigenvalue weighted by Crippen LogP contribution is -2.14. The van der Waals surface area contributed by atoms with E-state index in [0.29, 0.717) is 32.8 Å². The Morgan fingerprint density at radius 1 is 1.17 bits per heavy atom. The number of ether oxygens (including phenoxy) is 1. The van der Waals surface area contributed by atoms with Gasteiger partial charge in [0.05, 0.1) is 18.1 Å². The second kappa shape index (κ2) is 7.01. The van der Waals surface area contributed by atoms with Gasteiger partial charge in [-0.3, -0.25) is 4.79 Å². The zero-order valence-corrected chi connectivity index (χ0v) is 15.0. The summed E-state index contributed by atoms with van der Waals surface area (Å²) in [5.41, 5.74) is 2.25. The Balaban J connectivity index is 2.12. The second-order valence-electron chi connectivity index (χ2n) is 5.20. The molecular weight excluding hydrogens is 371 g/mol. The van der Waals surface area contributed by atoms with E-state index < -0.39 is 0 Å². The Labute approximate surface area is 153 Å². The van der Waals surface area contributed by atoms with Crippen molar-refractivity contribution in [3.8, 4) is 0 Å². The van der Waals surface area contributed by atoms with Crippen molar-refractivity contribution >= 4 is 51.8 Å². The van der Waals surface area contributed by atoms with Crippen molar-refractivity contribution in [3.63, 3.8) is 0 Å². The molecule has 0 radical (unpaired) electrons. The van der Waals surface area contributed by atoms with Crippen LogP contribution in [0, 0.1) is 0 Å². The van der Waals surface area contributed by atoms with E-state index in [2.05, 4.69) is 4.98 Å². The quantitative estimate of drug-likeness (QED) is 0.610. The lowest BCUT2D eigenvalue weighted by atomic mass is 10.1. The number of fused-ring (bicyclic) bond motifs is 1. The zero-order chi connectivity index (χ0) is 17.3. The van der Waals surface area contributed by atoms with Gasteiger partial charge in [-0.1, -0.05) is 40.9 Å². The van der Waals surface area contributed by atoms with Crippen molar-refractivity contribution in [2.45, 2.75) is 13.0 Å². The standard InChI is InChI=1S/C17H13Cl3N2O2/c1-24-17(23)9-22-15-6-5-10(18)7-14(15)21-16(22)8-11-12(19)3-2-4-13(11)20/h2-7H,8-9H2,1H3. The third-order valence-corrected chi connectivity index (χ3v) is 4.64. The fraction of sp³-hybridized carbons (Fsp3) is 0.176. The number of hydrogen-bond donors (Lipinski definition) is 0. The highest BCUT2D eigenvalue weighted by Crippen LogP contribution is 2.28. The number of nitrogens with zero attached hydrogens (tertiary/aromatic N) is 2. The lowest BCUT2D eigenvalue weighted by Gasteiger charge is -2.10. The minimum atomic E-state index is -0.365. The second-order valence-corrected chi connectivity index (χ2v) is 6.45. The van der Waals surface area contributed by atoms with Crippen LogP contribution in [0.25, 0.3) is 11.0 Å². The summed E-state index contributed by atoms with van der Waals surface area (Å²) in [5, 5.41) is 1.68. The van der Waals surface area contributed by atoms with E-state index in [9.17, 15) is 4.79 Å². The molecule has 1 aromatic heterocycles. The number of carbonyl (C=O) groups excluding carboxylic acids is 1. The number of aromatic nitrogens is 2. The number of carbonyl (C=O) groups is 1. The van der Waals surface area contributed by atoms with E-state index in [1.165, 1.54) is 7.11 Å². The summed E-state index contributed by atoms with van der Waals surface area (Å²) in [7, 11) is 1.35. The monoisotopic (exact) mass is 382 g/mol. The van der Waals surface area contributed by atoms with Crippen LogP contribution in [-0.2, 0) is 22.5 Å². The van der Waals surface area contributed by atoms with E-state index in [4.69, 9.17) is 39.5 Å². The highest BCUT2D eigenvalue weighted by Gasteiger charge is 2.17. The van der Waals surface area contributed by atoms with Gasteiger partial charge in [-0.25, -0.2) is 4.98 Å². The first-order valence-electron chi connectivity index (χ1n) is 7.14. The van der Waals surface area contributed by atoms with E-state index in [1.54, 1.807) is 34.9 Å². The smallest absolute Gasteiger partial charge is 0.325 e. The van der Waals surface area contributed by atoms with Gasteiger partial charge in [-0.15, -0.1) is 0 Å². The van der Waals surface area contributed by atoms with Gasteiger partial charge in [-0.2, -0.15) is 0 Å². The molecule has 0 amide bonds. The predicted molar refractivity (Wildman–Crippen MR) is 96.0 cm³/mol. The van der Waals surface area contributed by atoms with Crippen LogP contribution < -0.4 is 0 Å². The average molecular weight is 384 g/mol. The number of esters is 1. The maximum Gasteiger partial charge on any atom is 0.325 e. The molecule has 0 saturated carbocycles. The van der Waals surface area contributed by atoms with Gasteiger partial charge in [0.25, 0.3) is 0 Å². The van der Waals surface area contributed by atoms with Gasteiger partial charge in [0.2, 0.25) is 0 Å². The van der Waals surface area contributed by atoms with Gasteiger partial charge in [0.15, 0.2) is 0 Å². The average Bonchev–Trinajstić information content (AvgIpc) is 2.87. The molecule has 0 spiro atoms. The molecular formula is C17H13Cl3N2O2. The molecule has 0 aliphatic heterocycles. The van der Waals surface area contributed by atoms with Gasteiger partial charge in [0.1, 0.15) is 12.4 Å². The van der Waals surface area contributed by atoms with Crippen molar-refractivity contribution in [2.24, 2.45) is 0 Å². The van der Waals surface area contributed by atoms with Crippen molar-refractivity contribution in [2.75, 3.05) is 7.11 Å². The van der Waals surface area contributed by atoms with Crippen molar-refractivity contribution in [1.29, 1.82) is 0 Å². The number of halogens is 3. The predicted octanol–water partition coefficient (Wildman–Crippen LogP) is 4.76. The molecule has 24 heavy (non-hydrogen) atoms. The summed E-state index contributed by atoms with van der Waals surface area (Å²) in [5.74, 6) is 0.295. The van der Waals surface area contributed by atoms with Crippen LogP contribution in [0.4, 0.5) is 0 Å². The van der Waals surface area contributed by atoms with E-state index in [1.807, 2.05) is 6.07 Å². The number of hydrogen-bond acceptors (Lipinski definition) is 3. The molecule has 124 valence electrons. The maximum absolute atomic E-state index is 11.8. The molecule has 4 nitrogen and oxygen atoms in total. The number of imidazole rings is 1. The Bertz CT molecular complexity index is 901. The van der Waals surface area contributed by atoms with Crippen LogP contribution in [0.3, 0.4) is 0 Å². The molecule has 0 aliphatic carbocycles. The molecule has 1 heterocycles. The summed E-state index contributed by atoms with van der Waals surface area (Å²) in [6.45, 7) is 0.0477. The molecule has 0 aliphatic rings. The molecule has 7 heteroatoms. The fourth-order valence-electron chi connectivity index (χ4n) is 2.52. The minimum Gasteiger partial charge on any atom is -0.468 e. The zero-order valence-electron chi connectivity index (χ0n) is 12.7. The first-order chi connectivity index (χ1) is 11.5. The van der Waals surface area contributed by atoms with Gasteiger partial charge < -0.3 is 9.30 Å². The third kappa shape index (κ3) is 3.36. The molecule has 3 aromatic rings. The van der Waals surface area contributed by atoms with Gasteiger partial charge >= 0.3 is 5.97 Å². The van der Waals surface area contributed by atoms with Gasteiger partial charge in [-0.05, 0) is 35.9 Å². The first kappa shape index (κ1) is 17.1. The van der Waals surface area contributed by atoms with E-state index in [0.717, 1.165) is 11.1 Å². The normalized spacial score (nSPS) is 11.0. The Hall–Kier alpha value is -1.75. The van der Waals surface area contributed by atoms with Crippen LogP contribution >= 0.6 is 34.8 Å². The van der Waals surface area contributed by atoms with Crippen LogP contribution in [0.1, 0.15) is 11.4 Å². The van der Waals surface area contributed by atoms with Gasteiger partial charge in [0, 0.05) is 21.5 Å². The molecule has 0 N–H and O–H groups in total. The molecule has 0 fully saturated rings. The topological polar surface area (TPSA) is 44.1 Å². The molecule has 2 aromatic carbocycles. The summed E-state index contributed by atoms with van der Waals surface area (Å²) in [4.78, 5) is 16.4. The molecule has 0 saturated heterocycles. The summed E-state index contributed by atoms with van der Waals surface area (Å²) >= 11 is 18.5. The van der Waals surface area contributed by atoms with E-state index >= 15 is 0 Å². The number of benzene rings is 2. The summed E-state index contributed by atoms with van der Waals surface area (Å²) in [6, 6.07) is 10.7. The maximum atomic E-state index is 11.8. The Kier molecular flexibility index (Phi) is 4.99. The van der Waals surface area contributed by atoms with Crippen LogP contribution in [0.5, 0.6) is 0 Å². The van der Waals surface area contributed by atoms with Crippen LogP contribution in [-0.4, -0.2) is 22.6 Å². The van der Waals surface area contributed by atoms with Crippen molar-refractivity contribution in [3.05, 3.63) is 62.9 Å². The summed E-state index contributed by atoms with van der Waals surface area (Å²) in [6.07, 6.45) is 0.391. The first-order valence-corrected chi connectivity index (χ1v) is 8.27. The van der Waals surface area contributed by atoms with E-state index in [-0.39, 0.29) is 12.5 Å². The molecule has 0 bridgehead atoms. The highest BCUT2D eigenvalue weighted by atomic mass is 35.5. The fourth-order valence-corrected chi connectivity index (χ4v) is 3.21. The minimum absolute atomic E-state index is 0.0477. The summed E-state index contributed by atoms with van der Waals surface area (Å²) < 4.78 is 6.57. The van der Waals surface area contributed by atoms with Crippen molar-refractivity contribution in [1.82, 2.24) is 9.55 Å². The highest BCUT2D eigenvalue weighted by molar-refractivity contribution is 6.36. The Morgan fingerprint density at radius 3 is 2.54 bits per heavy atom. The lowest BCUT2D eigenvalue weighted by molar-refractivity contribution is -0.141. The molecule has 0 unspecified atom stereocenters. The number of rotatable bonds is 4. The molecule has 3 rings (SSSR count). The van der Waals surface area contributed by atoms with Crippen molar-refractivity contribution < 1.29 is 9.53 Å². The Morgan fingerprint density at radius 2 is 1.88 bits per heavy atom. The van der Waals surface area contributed by atoms with Crippen LogP contribution in [0.2, 0.25) is 15.1 Å². The third-order valence-electron chi connectivity index (χ3n) is 3.70. The largest absolute Gasteiger partial charge is 0.468 e. The molecule has 0 atom stereocenters.